The Morgan fingerprint density at radius 1 is 1.28 bits per heavy atom. The number of hydrogen-bond acceptors (Lipinski definition) is 5. The molecule has 2 aromatic rings. The average molecular weight is 342 g/mol. The average Bonchev–Trinajstić information content (AvgIpc) is 2.99. The first-order chi connectivity index (χ1) is 12.1. The number of pyridine rings is 1. The molecule has 2 atom stereocenters. The Labute approximate surface area is 145 Å². The largest absolute Gasteiger partial charge is 0.478 e. The molecule has 0 amide bonds. The number of carboxylic acid groups (broad SMARTS) is 1. The highest BCUT2D eigenvalue weighted by Crippen LogP contribution is 2.46. The van der Waals surface area contributed by atoms with Crippen LogP contribution >= 0.6 is 0 Å². The van der Waals surface area contributed by atoms with E-state index in [4.69, 9.17) is 10.1 Å². The van der Waals surface area contributed by atoms with Gasteiger partial charge in [0.05, 0.1) is 18.3 Å². The molecule has 0 bridgehead atoms. The van der Waals surface area contributed by atoms with Crippen LogP contribution in [0.1, 0.15) is 34.5 Å². The van der Waals surface area contributed by atoms with Crippen molar-refractivity contribution >= 4 is 11.8 Å². The fraction of sp³-hybridized carbons (Fsp3) is 0.500. The summed E-state index contributed by atoms with van der Waals surface area (Å²) in [5.41, 5.74) is 2.15. The molecule has 2 N–H and O–H groups in total. The number of aromatic nitrogens is 3. The summed E-state index contributed by atoms with van der Waals surface area (Å²) in [6.45, 7) is 2.80. The summed E-state index contributed by atoms with van der Waals surface area (Å²) < 4.78 is 1.62. The maximum Gasteiger partial charge on any atom is 0.338 e. The van der Waals surface area contributed by atoms with Crippen molar-refractivity contribution in [2.75, 3.05) is 24.6 Å². The molecule has 0 spiro atoms. The molecule has 1 saturated carbocycles. The second-order valence-electron chi connectivity index (χ2n) is 7.00. The minimum Gasteiger partial charge on any atom is -0.478 e. The summed E-state index contributed by atoms with van der Waals surface area (Å²) in [4.78, 5) is 18.2. The molecule has 25 heavy (non-hydrogen) atoms. The monoisotopic (exact) mass is 342 g/mol. The van der Waals surface area contributed by atoms with E-state index >= 15 is 0 Å². The minimum absolute atomic E-state index is 0.129. The molecular weight excluding hydrogens is 320 g/mol. The third-order valence-electron chi connectivity index (χ3n) is 5.14. The van der Waals surface area contributed by atoms with E-state index < -0.39 is 5.97 Å². The van der Waals surface area contributed by atoms with Crippen molar-refractivity contribution in [1.29, 1.82) is 0 Å². The van der Waals surface area contributed by atoms with E-state index in [2.05, 4.69) is 16.1 Å². The van der Waals surface area contributed by atoms with Gasteiger partial charge in [0.2, 0.25) is 0 Å². The maximum absolute atomic E-state index is 11.0. The molecule has 1 aliphatic carbocycles. The molecule has 1 aliphatic heterocycles. The first-order valence-corrected chi connectivity index (χ1v) is 8.74. The number of aromatic carboxylic acids is 1. The summed E-state index contributed by atoms with van der Waals surface area (Å²) in [5.74, 6) is 1.73. The Morgan fingerprint density at radius 2 is 2.08 bits per heavy atom. The lowest BCUT2D eigenvalue weighted by atomic mass is 10.1. The highest BCUT2D eigenvalue weighted by molar-refractivity contribution is 5.86. The first-order valence-electron chi connectivity index (χ1n) is 8.74. The van der Waals surface area contributed by atoms with Gasteiger partial charge in [-0.3, -0.25) is 4.68 Å². The molecule has 2 aliphatic rings. The molecule has 4 rings (SSSR count). The quantitative estimate of drug-likeness (QED) is 0.790. The van der Waals surface area contributed by atoms with E-state index in [9.17, 15) is 9.90 Å². The predicted octanol–water partition coefficient (Wildman–Crippen LogP) is 1.41. The lowest BCUT2D eigenvalue weighted by molar-refractivity contribution is 0.0696. The normalized spacial score (nSPS) is 21.4. The van der Waals surface area contributed by atoms with Gasteiger partial charge in [-0.1, -0.05) is 6.07 Å². The van der Waals surface area contributed by atoms with Crippen molar-refractivity contribution in [2.24, 2.45) is 11.8 Å². The van der Waals surface area contributed by atoms with Crippen LogP contribution in [0, 0.1) is 11.8 Å². The van der Waals surface area contributed by atoms with Gasteiger partial charge in [0.25, 0.3) is 0 Å². The standard InChI is InChI=1S/C18H22N4O3/c23-5-1-2-16-12(10-22-11-15(7-19-22)18(24)25)3-4-17(20-16)21-8-13-6-14(13)9-21/h3-4,7,11,13-14,23H,1-2,5-6,8-10H2,(H,24,25). The lowest BCUT2D eigenvalue weighted by Crippen LogP contribution is -2.23. The fourth-order valence-electron chi connectivity index (χ4n) is 3.62. The van der Waals surface area contributed by atoms with Crippen LogP contribution in [0.15, 0.2) is 24.5 Å². The topological polar surface area (TPSA) is 91.5 Å². The zero-order valence-corrected chi connectivity index (χ0v) is 14.0. The lowest BCUT2D eigenvalue weighted by Gasteiger charge is -2.21. The number of aliphatic hydroxyl groups is 1. The summed E-state index contributed by atoms with van der Waals surface area (Å²) >= 11 is 0. The molecule has 7 nitrogen and oxygen atoms in total. The van der Waals surface area contributed by atoms with Crippen molar-refractivity contribution in [3.63, 3.8) is 0 Å². The second-order valence-corrected chi connectivity index (χ2v) is 7.00. The van der Waals surface area contributed by atoms with E-state index in [0.717, 1.165) is 42.0 Å². The van der Waals surface area contributed by atoms with Crippen molar-refractivity contribution in [1.82, 2.24) is 14.8 Å². The maximum atomic E-state index is 11.0. The number of aliphatic hydroxyl groups excluding tert-OH is 1. The number of anilines is 1. The van der Waals surface area contributed by atoms with E-state index in [1.54, 1.807) is 4.68 Å². The van der Waals surface area contributed by atoms with Crippen molar-refractivity contribution in [2.45, 2.75) is 25.8 Å². The van der Waals surface area contributed by atoms with Crippen LogP contribution in [0.2, 0.25) is 0 Å². The zero-order valence-electron chi connectivity index (χ0n) is 14.0. The van der Waals surface area contributed by atoms with Gasteiger partial charge in [0.1, 0.15) is 5.82 Å². The second kappa shape index (κ2) is 6.48. The van der Waals surface area contributed by atoms with Gasteiger partial charge in [0.15, 0.2) is 0 Å². The van der Waals surface area contributed by atoms with Gasteiger partial charge >= 0.3 is 5.97 Å². The van der Waals surface area contributed by atoms with E-state index in [-0.39, 0.29) is 12.2 Å². The summed E-state index contributed by atoms with van der Waals surface area (Å²) in [6, 6.07) is 4.10. The van der Waals surface area contributed by atoms with E-state index in [1.165, 1.54) is 18.8 Å². The van der Waals surface area contributed by atoms with Crippen molar-refractivity contribution < 1.29 is 15.0 Å². The van der Waals surface area contributed by atoms with Gasteiger partial charge in [-0.15, -0.1) is 0 Å². The fourth-order valence-corrected chi connectivity index (χ4v) is 3.62. The van der Waals surface area contributed by atoms with Crippen molar-refractivity contribution in [3.8, 4) is 0 Å². The van der Waals surface area contributed by atoms with E-state index in [1.807, 2.05) is 6.07 Å². The number of piperidine rings is 1. The molecular formula is C18H22N4O3. The number of nitrogens with zero attached hydrogens (tertiary/aromatic N) is 4. The molecule has 0 aromatic carbocycles. The van der Waals surface area contributed by atoms with Gasteiger partial charge < -0.3 is 15.1 Å². The van der Waals surface area contributed by atoms with Gasteiger partial charge in [-0.25, -0.2) is 9.78 Å². The number of rotatable bonds is 7. The highest BCUT2D eigenvalue weighted by atomic mass is 16.4. The van der Waals surface area contributed by atoms with Crippen LogP contribution in [-0.2, 0) is 13.0 Å². The van der Waals surface area contributed by atoms with Crippen LogP contribution in [0.5, 0.6) is 0 Å². The predicted molar refractivity (Wildman–Crippen MR) is 91.7 cm³/mol. The number of carbonyl (C=O) groups is 1. The summed E-state index contributed by atoms with van der Waals surface area (Å²) in [5, 5.41) is 22.3. The first kappa shape index (κ1) is 16.1. The molecule has 0 radical (unpaired) electrons. The Balaban J connectivity index is 1.55. The third-order valence-corrected chi connectivity index (χ3v) is 5.14. The summed E-state index contributed by atoms with van der Waals surface area (Å²) in [7, 11) is 0. The molecule has 2 unspecified atom stereocenters. The van der Waals surface area contributed by atoms with Gasteiger partial charge in [-0.05, 0) is 42.7 Å². The molecule has 2 fully saturated rings. The zero-order chi connectivity index (χ0) is 17.4. The van der Waals surface area contributed by atoms with Crippen LogP contribution in [0.4, 0.5) is 5.82 Å². The smallest absolute Gasteiger partial charge is 0.338 e. The molecule has 1 saturated heterocycles. The Bertz CT molecular complexity index is 778. The number of hydrogen-bond donors (Lipinski definition) is 2. The van der Waals surface area contributed by atoms with Gasteiger partial charge in [0, 0.05) is 31.6 Å². The molecule has 3 heterocycles. The molecule has 7 heteroatoms. The Hall–Kier alpha value is -2.41. The number of aryl methyl sites for hydroxylation is 1. The molecule has 2 aromatic heterocycles. The number of fused-ring (bicyclic) bond motifs is 1. The van der Waals surface area contributed by atoms with Gasteiger partial charge in [-0.2, -0.15) is 5.10 Å². The van der Waals surface area contributed by atoms with Crippen LogP contribution in [0.3, 0.4) is 0 Å². The number of carboxylic acids is 1. The van der Waals surface area contributed by atoms with Crippen molar-refractivity contribution in [3.05, 3.63) is 41.3 Å². The highest BCUT2D eigenvalue weighted by Gasteiger charge is 2.45. The SMILES string of the molecule is O=C(O)c1cnn(Cc2ccc(N3CC4CC4C3)nc2CCCO)c1. The molecule has 132 valence electrons. The van der Waals surface area contributed by atoms with Crippen LogP contribution < -0.4 is 4.90 Å². The van der Waals surface area contributed by atoms with Crippen LogP contribution in [0.25, 0.3) is 0 Å². The van der Waals surface area contributed by atoms with E-state index in [0.29, 0.717) is 19.4 Å². The van der Waals surface area contributed by atoms with Crippen LogP contribution in [-0.4, -0.2) is 50.6 Å². The summed E-state index contributed by atoms with van der Waals surface area (Å²) in [6.07, 6.45) is 5.60. The Kier molecular flexibility index (Phi) is 4.17. The third kappa shape index (κ3) is 3.37. The minimum atomic E-state index is -0.979. The Morgan fingerprint density at radius 3 is 2.76 bits per heavy atom.